The summed E-state index contributed by atoms with van der Waals surface area (Å²) >= 11 is 4.91. The molecule has 2 heterocycles. The normalized spacial score (nSPS) is 40.2. The minimum absolute atomic E-state index is 0.933. The summed E-state index contributed by atoms with van der Waals surface area (Å²) in [5.74, 6) is 5.74. The Hall–Kier alpha value is 0.397. The average Bonchev–Trinajstić information content (AvgIpc) is 3.69. The van der Waals surface area contributed by atoms with E-state index in [4.69, 9.17) is 0 Å². The molecule has 0 aromatic carbocycles. The molecular weight excluding hydrogens is 525 g/mol. The lowest BCUT2D eigenvalue weighted by Crippen LogP contribution is -2.47. The Kier molecular flexibility index (Phi) is 9.20. The van der Waals surface area contributed by atoms with Gasteiger partial charge in [-0.3, -0.25) is 0 Å². The number of thioether (sulfide) groups is 2. The van der Waals surface area contributed by atoms with Crippen molar-refractivity contribution in [1.82, 2.24) is 0 Å². The summed E-state index contributed by atoms with van der Waals surface area (Å²) in [5, 5.41) is 1.87. The highest BCUT2D eigenvalue weighted by Crippen LogP contribution is 2.70. The van der Waals surface area contributed by atoms with Crippen LogP contribution < -0.4 is 0 Å². The number of hydrogen-bond donors (Lipinski definition) is 0. The van der Waals surface area contributed by atoms with Crippen LogP contribution in [0.1, 0.15) is 130 Å². The molecule has 0 saturated heterocycles. The van der Waals surface area contributed by atoms with E-state index in [1.54, 1.807) is 12.8 Å². The molecule has 8 unspecified atom stereocenters. The second kappa shape index (κ2) is 12.2. The molecule has 0 bridgehead atoms. The van der Waals surface area contributed by atoms with Gasteiger partial charge in [0.05, 0.1) is 8.07 Å². The van der Waals surface area contributed by atoms with Gasteiger partial charge in [-0.1, -0.05) is 103 Å². The highest BCUT2D eigenvalue weighted by Gasteiger charge is 2.62. The molecule has 3 heteroatoms. The molecule has 6 aliphatic rings. The molecular formula is C36H60S2Si. The Morgan fingerprint density at radius 1 is 0.590 bits per heavy atom. The van der Waals surface area contributed by atoms with E-state index in [0.29, 0.717) is 0 Å². The smallest absolute Gasteiger partial charge is 0.0564 e. The second-order valence-electron chi connectivity index (χ2n) is 15.2. The van der Waals surface area contributed by atoms with Gasteiger partial charge >= 0.3 is 0 Å². The maximum atomic E-state index is 2.94. The Morgan fingerprint density at radius 2 is 0.974 bits per heavy atom. The van der Waals surface area contributed by atoms with E-state index in [2.05, 4.69) is 64.3 Å². The Morgan fingerprint density at radius 3 is 1.31 bits per heavy atom. The fourth-order valence-corrected chi connectivity index (χ4v) is 23.4. The zero-order chi connectivity index (χ0) is 27.3. The van der Waals surface area contributed by atoms with E-state index < -0.39 is 8.07 Å². The molecule has 8 atom stereocenters. The summed E-state index contributed by atoms with van der Waals surface area (Å²) in [7, 11) is -1.51. The van der Waals surface area contributed by atoms with E-state index in [1.807, 2.05) is 21.0 Å². The van der Waals surface area contributed by atoms with Crippen molar-refractivity contribution in [2.24, 2.45) is 35.5 Å². The molecule has 0 spiro atoms. The molecule has 0 amide bonds. The van der Waals surface area contributed by atoms with E-state index in [1.165, 1.54) is 89.9 Å². The Bertz CT molecular complexity index is 862. The molecule has 220 valence electrons. The van der Waals surface area contributed by atoms with Gasteiger partial charge in [-0.2, -0.15) is 0 Å². The van der Waals surface area contributed by atoms with Crippen molar-refractivity contribution < 1.29 is 0 Å². The number of fused-ring (bicyclic) bond motifs is 2. The molecule has 39 heavy (non-hydrogen) atoms. The van der Waals surface area contributed by atoms with Crippen LogP contribution >= 0.6 is 23.5 Å². The van der Waals surface area contributed by atoms with Crippen molar-refractivity contribution in [3.8, 4) is 0 Å². The number of hydrogen-bond acceptors (Lipinski definition) is 2. The fraction of sp³-hybridized carbons (Fsp3) is 0.889. The molecule has 4 fully saturated rings. The van der Waals surface area contributed by atoms with Crippen LogP contribution in [-0.4, -0.2) is 18.6 Å². The highest BCUT2D eigenvalue weighted by atomic mass is 32.2. The molecule has 0 nitrogen and oxygen atoms in total. The molecule has 0 aromatic heterocycles. The lowest BCUT2D eigenvalue weighted by Gasteiger charge is -2.46. The van der Waals surface area contributed by atoms with Crippen molar-refractivity contribution >= 4 is 31.6 Å². The first-order chi connectivity index (χ1) is 18.9. The Labute approximate surface area is 252 Å². The van der Waals surface area contributed by atoms with Gasteiger partial charge in [0.2, 0.25) is 0 Å². The quantitative estimate of drug-likeness (QED) is 0.260. The first kappa shape index (κ1) is 29.5. The van der Waals surface area contributed by atoms with Crippen molar-refractivity contribution in [2.45, 2.75) is 165 Å². The third kappa shape index (κ3) is 5.05. The monoisotopic (exact) mass is 584 g/mol. The maximum absolute atomic E-state index is 2.94. The fourth-order valence-electron chi connectivity index (χ4n) is 11.6. The molecule has 0 radical (unpaired) electrons. The number of allylic oxidation sites excluding steroid dienone is 4. The zero-order valence-corrected chi connectivity index (χ0v) is 29.0. The van der Waals surface area contributed by atoms with Crippen LogP contribution in [0.3, 0.4) is 0 Å². The first-order valence-corrected chi connectivity index (χ1v) is 22.6. The van der Waals surface area contributed by atoms with E-state index >= 15 is 0 Å². The van der Waals surface area contributed by atoms with Crippen LogP contribution in [0.5, 0.6) is 0 Å². The molecule has 2 aliphatic heterocycles. The van der Waals surface area contributed by atoms with Gasteiger partial charge in [0.15, 0.2) is 0 Å². The summed E-state index contributed by atoms with van der Waals surface area (Å²) in [6.45, 7) is 16.0. The van der Waals surface area contributed by atoms with Gasteiger partial charge < -0.3 is 0 Å². The van der Waals surface area contributed by atoms with Gasteiger partial charge in [-0.05, 0) is 108 Å². The van der Waals surface area contributed by atoms with Gasteiger partial charge in [0.25, 0.3) is 0 Å². The summed E-state index contributed by atoms with van der Waals surface area (Å²) in [6.07, 6.45) is 23.5. The van der Waals surface area contributed by atoms with E-state index in [9.17, 15) is 0 Å². The van der Waals surface area contributed by atoms with Gasteiger partial charge in [0, 0.05) is 10.5 Å². The molecule has 4 saturated carbocycles. The van der Waals surface area contributed by atoms with Crippen LogP contribution in [-0.2, 0) is 0 Å². The van der Waals surface area contributed by atoms with Crippen LogP contribution in [0.2, 0.25) is 24.2 Å². The summed E-state index contributed by atoms with van der Waals surface area (Å²) in [4.78, 5) is 3.75. The van der Waals surface area contributed by atoms with Gasteiger partial charge in [-0.25, -0.2) is 0 Å². The topological polar surface area (TPSA) is 0 Å². The largest absolute Gasteiger partial charge is 0.127 e. The molecule has 0 N–H and O–H groups in total. The molecule has 6 rings (SSSR count). The summed E-state index contributed by atoms with van der Waals surface area (Å²) in [6, 6.07) is 0. The van der Waals surface area contributed by atoms with Crippen molar-refractivity contribution in [1.29, 1.82) is 0 Å². The van der Waals surface area contributed by atoms with Crippen molar-refractivity contribution in [3.63, 3.8) is 0 Å². The van der Waals surface area contributed by atoms with Crippen molar-refractivity contribution in [2.75, 3.05) is 0 Å². The van der Waals surface area contributed by atoms with Crippen LogP contribution in [0.25, 0.3) is 0 Å². The van der Waals surface area contributed by atoms with Gasteiger partial charge in [-0.15, -0.1) is 23.5 Å². The third-order valence-corrected chi connectivity index (χ3v) is 22.1. The van der Waals surface area contributed by atoms with E-state index in [0.717, 1.165) is 57.1 Å². The lowest BCUT2D eigenvalue weighted by atomic mass is 9.77. The standard InChI is InChI=1S/C36H60S2Si/c1-7-23-21-27-31(25-17-13-11-14-18-25)29(9-3)37-33(27)35(23)39(5,6)36-24(8-2)22-28-32(26-19-15-12-16-20-26)30(10-4)38-34(28)36/h23-28,33-36H,7-22H2,1-6H3. The van der Waals surface area contributed by atoms with Crippen LogP contribution in [0, 0.1) is 35.5 Å². The number of rotatable bonds is 8. The van der Waals surface area contributed by atoms with E-state index in [-0.39, 0.29) is 0 Å². The SMILES string of the molecule is CCC1=C(C2CCCCC2)C2CC(CC)C([Si](C)(C)C3C(CC)CC4C(C5CCCCC5)=C(CC)SC43)C2S1. The highest BCUT2D eigenvalue weighted by molar-refractivity contribution is 8.04. The third-order valence-electron chi connectivity index (χ3n) is 13.1. The van der Waals surface area contributed by atoms with Crippen molar-refractivity contribution in [3.05, 3.63) is 21.0 Å². The summed E-state index contributed by atoms with van der Waals surface area (Å²) < 4.78 is 0. The lowest BCUT2D eigenvalue weighted by molar-refractivity contribution is 0.369. The second-order valence-corrected chi connectivity index (χ2v) is 22.7. The zero-order valence-electron chi connectivity index (χ0n) is 26.4. The molecule has 0 aromatic rings. The minimum atomic E-state index is -1.51. The van der Waals surface area contributed by atoms with Crippen LogP contribution in [0.4, 0.5) is 0 Å². The predicted octanol–water partition coefficient (Wildman–Crippen LogP) is 12.2. The van der Waals surface area contributed by atoms with Gasteiger partial charge in [0.1, 0.15) is 0 Å². The first-order valence-electron chi connectivity index (χ1n) is 17.7. The minimum Gasteiger partial charge on any atom is -0.127 e. The predicted molar refractivity (Wildman–Crippen MR) is 179 cm³/mol. The maximum Gasteiger partial charge on any atom is 0.0564 e. The molecule has 4 aliphatic carbocycles. The average molecular weight is 585 g/mol. The summed E-state index contributed by atoms with van der Waals surface area (Å²) in [5.41, 5.74) is 6.11. The Balaban J connectivity index is 1.30. The van der Waals surface area contributed by atoms with Crippen LogP contribution in [0.15, 0.2) is 21.0 Å².